The maximum atomic E-state index is 9.77. The fraction of sp³-hybridized carbons (Fsp3) is 0.583. The highest BCUT2D eigenvalue weighted by atomic mass is 16.1. The van der Waals surface area contributed by atoms with Gasteiger partial charge in [0.25, 0.3) is 0 Å². The van der Waals surface area contributed by atoms with Crippen molar-refractivity contribution in [2.75, 3.05) is 0 Å². The topological polar surface area (TPSA) is 17.1 Å². The van der Waals surface area contributed by atoms with Crippen molar-refractivity contribution in [3.63, 3.8) is 0 Å². The number of rotatable bonds is 8. The van der Waals surface area contributed by atoms with Gasteiger partial charge < -0.3 is 0 Å². The van der Waals surface area contributed by atoms with E-state index >= 15 is 0 Å². The molecule has 0 aromatic heterocycles. The minimum atomic E-state index is 1.12. The maximum Gasteiger partial charge on any atom is 0.225 e. The van der Waals surface area contributed by atoms with Crippen LogP contribution in [0.3, 0.4) is 0 Å². The molecule has 0 spiro atoms. The summed E-state index contributed by atoms with van der Waals surface area (Å²) in [5.74, 6) is 0. The van der Waals surface area contributed by atoms with E-state index in [1.807, 2.05) is 6.08 Å². The van der Waals surface area contributed by atoms with Crippen LogP contribution < -0.4 is 0 Å². The standard InChI is InChI=1S/C12H19O/c1-2-3-4-5-6-7-8-9-10-11-12-13/h8-11H,2-7H2,1H3. The second-order valence-electron chi connectivity index (χ2n) is 3.11. The van der Waals surface area contributed by atoms with Gasteiger partial charge in [-0.3, -0.25) is 4.79 Å². The van der Waals surface area contributed by atoms with Gasteiger partial charge in [-0.2, -0.15) is 0 Å². The van der Waals surface area contributed by atoms with Gasteiger partial charge in [0.05, 0.1) is 0 Å². The predicted octanol–water partition coefficient (Wildman–Crippen LogP) is 3.57. The Bertz CT molecular complexity index is 157. The molecule has 0 saturated heterocycles. The summed E-state index contributed by atoms with van der Waals surface area (Å²) in [6.45, 7) is 2.22. The molecule has 0 fully saturated rings. The normalized spacial score (nSPS) is 11.5. The van der Waals surface area contributed by atoms with Crippen LogP contribution in [0.15, 0.2) is 24.3 Å². The SMILES string of the molecule is CCCCCCCC=CC=C[C]=O. The van der Waals surface area contributed by atoms with Crippen LogP contribution in [0.1, 0.15) is 45.4 Å². The monoisotopic (exact) mass is 179 g/mol. The number of allylic oxidation sites excluding steroid dienone is 4. The summed E-state index contributed by atoms with van der Waals surface area (Å²) in [7, 11) is 0. The predicted molar refractivity (Wildman–Crippen MR) is 57.3 cm³/mol. The van der Waals surface area contributed by atoms with Crippen molar-refractivity contribution in [2.45, 2.75) is 45.4 Å². The molecule has 0 aromatic rings. The summed E-state index contributed by atoms with van der Waals surface area (Å²) in [4.78, 5) is 9.77. The molecule has 0 bridgehead atoms. The minimum Gasteiger partial charge on any atom is -0.286 e. The Labute approximate surface area is 81.5 Å². The number of carbonyl (C=O) groups excluding carboxylic acids is 1. The first kappa shape index (κ1) is 12.2. The molecular weight excluding hydrogens is 160 g/mol. The molecule has 0 heterocycles. The number of hydrogen-bond acceptors (Lipinski definition) is 1. The van der Waals surface area contributed by atoms with Gasteiger partial charge in [-0.05, 0) is 18.9 Å². The van der Waals surface area contributed by atoms with E-state index in [0.29, 0.717) is 0 Å². The van der Waals surface area contributed by atoms with Gasteiger partial charge in [0.15, 0.2) is 0 Å². The average molecular weight is 179 g/mol. The van der Waals surface area contributed by atoms with Gasteiger partial charge >= 0.3 is 0 Å². The third-order valence-corrected chi connectivity index (χ3v) is 1.89. The molecule has 73 valence electrons. The Morgan fingerprint density at radius 2 is 1.85 bits per heavy atom. The van der Waals surface area contributed by atoms with E-state index in [2.05, 4.69) is 13.0 Å². The van der Waals surface area contributed by atoms with Crippen LogP contribution in [-0.2, 0) is 4.79 Å². The van der Waals surface area contributed by atoms with Crippen LogP contribution in [0.4, 0.5) is 0 Å². The molecule has 0 atom stereocenters. The first-order valence-electron chi connectivity index (χ1n) is 5.11. The van der Waals surface area contributed by atoms with Crippen LogP contribution in [0, 0.1) is 0 Å². The molecule has 0 aliphatic carbocycles. The highest BCUT2D eigenvalue weighted by Gasteiger charge is 1.85. The summed E-state index contributed by atoms with van der Waals surface area (Å²) in [5, 5.41) is 0. The molecule has 13 heavy (non-hydrogen) atoms. The molecule has 1 radical (unpaired) electrons. The molecule has 0 aliphatic rings. The molecular formula is C12H19O. The fourth-order valence-electron chi connectivity index (χ4n) is 1.14. The zero-order valence-electron chi connectivity index (χ0n) is 8.46. The second-order valence-corrected chi connectivity index (χ2v) is 3.11. The first-order valence-corrected chi connectivity index (χ1v) is 5.11. The van der Waals surface area contributed by atoms with E-state index in [-0.39, 0.29) is 0 Å². The van der Waals surface area contributed by atoms with Gasteiger partial charge in [0.1, 0.15) is 0 Å². The van der Waals surface area contributed by atoms with Crippen molar-refractivity contribution in [3.05, 3.63) is 24.3 Å². The van der Waals surface area contributed by atoms with Gasteiger partial charge in [0.2, 0.25) is 6.29 Å². The highest BCUT2D eigenvalue weighted by Crippen LogP contribution is 2.05. The summed E-state index contributed by atoms with van der Waals surface area (Å²) >= 11 is 0. The molecule has 1 heteroatoms. The van der Waals surface area contributed by atoms with Gasteiger partial charge in [0, 0.05) is 0 Å². The molecule has 0 amide bonds. The third-order valence-electron chi connectivity index (χ3n) is 1.89. The summed E-state index contributed by atoms with van der Waals surface area (Å²) in [6.07, 6.45) is 16.5. The van der Waals surface area contributed by atoms with E-state index in [0.717, 1.165) is 6.42 Å². The lowest BCUT2D eigenvalue weighted by Crippen LogP contribution is -1.75. The first-order chi connectivity index (χ1) is 6.41. The van der Waals surface area contributed by atoms with Gasteiger partial charge in [-0.25, -0.2) is 0 Å². The van der Waals surface area contributed by atoms with Crippen molar-refractivity contribution in [1.29, 1.82) is 0 Å². The van der Waals surface area contributed by atoms with Crippen molar-refractivity contribution in [1.82, 2.24) is 0 Å². The third kappa shape index (κ3) is 11.1. The van der Waals surface area contributed by atoms with Crippen LogP contribution in [0.2, 0.25) is 0 Å². The Morgan fingerprint density at radius 1 is 1.08 bits per heavy atom. The van der Waals surface area contributed by atoms with E-state index in [1.54, 1.807) is 12.4 Å². The average Bonchev–Trinajstić information content (AvgIpc) is 2.16. The van der Waals surface area contributed by atoms with Crippen molar-refractivity contribution >= 4 is 6.29 Å². The van der Waals surface area contributed by atoms with Crippen molar-refractivity contribution < 1.29 is 4.79 Å². The van der Waals surface area contributed by atoms with E-state index in [4.69, 9.17) is 0 Å². The maximum absolute atomic E-state index is 9.77. The molecule has 0 aromatic carbocycles. The lowest BCUT2D eigenvalue weighted by atomic mass is 10.1. The number of unbranched alkanes of at least 4 members (excludes halogenated alkanes) is 5. The summed E-state index contributed by atoms with van der Waals surface area (Å²) in [6, 6.07) is 0. The minimum absolute atomic E-state index is 1.12. The summed E-state index contributed by atoms with van der Waals surface area (Å²) < 4.78 is 0. The lowest BCUT2D eigenvalue weighted by molar-refractivity contribution is 0.564. The van der Waals surface area contributed by atoms with Crippen LogP contribution in [0.25, 0.3) is 0 Å². The molecule has 0 N–H and O–H groups in total. The smallest absolute Gasteiger partial charge is 0.225 e. The van der Waals surface area contributed by atoms with Crippen molar-refractivity contribution in [2.24, 2.45) is 0 Å². The quantitative estimate of drug-likeness (QED) is 0.316. The Kier molecular flexibility index (Phi) is 10.4. The molecule has 1 nitrogen and oxygen atoms in total. The van der Waals surface area contributed by atoms with Crippen LogP contribution in [-0.4, -0.2) is 6.29 Å². The number of hydrogen-bond donors (Lipinski definition) is 0. The second kappa shape index (κ2) is 11.2. The van der Waals surface area contributed by atoms with E-state index in [1.165, 1.54) is 38.2 Å². The molecule has 0 unspecified atom stereocenters. The fourth-order valence-corrected chi connectivity index (χ4v) is 1.14. The zero-order chi connectivity index (χ0) is 9.78. The molecule has 0 saturated carbocycles. The lowest BCUT2D eigenvalue weighted by Gasteiger charge is -1.95. The molecule has 0 rings (SSSR count). The van der Waals surface area contributed by atoms with Crippen molar-refractivity contribution in [3.8, 4) is 0 Å². The van der Waals surface area contributed by atoms with E-state index < -0.39 is 0 Å². The Hall–Kier alpha value is -0.850. The summed E-state index contributed by atoms with van der Waals surface area (Å²) in [5.41, 5.74) is 0. The van der Waals surface area contributed by atoms with Crippen LogP contribution in [0.5, 0.6) is 0 Å². The Balaban J connectivity index is 3.10. The zero-order valence-corrected chi connectivity index (χ0v) is 8.46. The van der Waals surface area contributed by atoms with Gasteiger partial charge in [-0.1, -0.05) is 50.8 Å². The largest absolute Gasteiger partial charge is 0.286 e. The highest BCUT2D eigenvalue weighted by molar-refractivity contribution is 5.66. The molecule has 0 aliphatic heterocycles. The van der Waals surface area contributed by atoms with Gasteiger partial charge in [-0.15, -0.1) is 0 Å². The van der Waals surface area contributed by atoms with Crippen LogP contribution >= 0.6 is 0 Å². The van der Waals surface area contributed by atoms with E-state index in [9.17, 15) is 4.79 Å². The Morgan fingerprint density at radius 3 is 2.54 bits per heavy atom.